The number of hydrogen-bond acceptors (Lipinski definition) is 3. The molecule has 114 valence electrons. The van der Waals surface area contributed by atoms with Gasteiger partial charge >= 0.3 is 0 Å². The molecule has 1 saturated heterocycles. The number of nitro groups is 1. The second-order valence-corrected chi connectivity index (χ2v) is 5.64. The molecular weight excluding hydrogens is 294 g/mol. The molecule has 0 bridgehead atoms. The van der Waals surface area contributed by atoms with Crippen LogP contribution >= 0.6 is 11.6 Å². The predicted molar refractivity (Wildman–Crippen MR) is 79.8 cm³/mol. The maximum absolute atomic E-state index is 12.1. The molecule has 1 unspecified atom stereocenters. The van der Waals surface area contributed by atoms with Crippen LogP contribution in [0, 0.1) is 10.1 Å². The molecule has 0 aliphatic carbocycles. The van der Waals surface area contributed by atoms with E-state index in [4.69, 9.17) is 11.6 Å². The summed E-state index contributed by atoms with van der Waals surface area (Å²) in [6.45, 7) is 4.92. The van der Waals surface area contributed by atoms with Gasteiger partial charge < -0.3 is 10.2 Å². The van der Waals surface area contributed by atoms with Crippen molar-refractivity contribution in [3.8, 4) is 0 Å². The van der Waals surface area contributed by atoms with Crippen LogP contribution in [0.2, 0.25) is 5.02 Å². The molecule has 0 spiro atoms. The lowest BCUT2D eigenvalue weighted by molar-refractivity contribution is -0.909. The molecule has 0 radical (unpaired) electrons. The van der Waals surface area contributed by atoms with E-state index in [9.17, 15) is 14.9 Å². The Hall–Kier alpha value is -1.66. The fraction of sp³-hybridized carbons (Fsp3) is 0.500. The van der Waals surface area contributed by atoms with Gasteiger partial charge in [-0.25, -0.2) is 0 Å². The molecule has 2 atom stereocenters. The molecule has 7 heteroatoms. The zero-order valence-electron chi connectivity index (χ0n) is 11.9. The highest BCUT2D eigenvalue weighted by Crippen LogP contribution is 2.24. The first-order valence-electron chi connectivity index (χ1n) is 7.09. The van der Waals surface area contributed by atoms with Crippen LogP contribution in [0.5, 0.6) is 0 Å². The molecule has 2 rings (SSSR count). The monoisotopic (exact) mass is 312 g/mol. The molecule has 1 aromatic carbocycles. The van der Waals surface area contributed by atoms with Crippen LogP contribution in [0.3, 0.4) is 0 Å². The SMILES string of the molecule is CC[NH+]1CCC[C@@H]1CNC(=O)c1ccc(Cl)c([N+](=O)[O-])c1. The van der Waals surface area contributed by atoms with Crippen LogP contribution in [0.4, 0.5) is 5.69 Å². The lowest BCUT2D eigenvalue weighted by Crippen LogP contribution is -3.14. The summed E-state index contributed by atoms with van der Waals surface area (Å²) in [6.07, 6.45) is 2.28. The molecule has 0 saturated carbocycles. The van der Waals surface area contributed by atoms with E-state index in [-0.39, 0.29) is 22.2 Å². The van der Waals surface area contributed by atoms with E-state index in [1.165, 1.54) is 29.5 Å². The summed E-state index contributed by atoms with van der Waals surface area (Å²) in [7, 11) is 0. The van der Waals surface area contributed by atoms with E-state index in [0.717, 1.165) is 19.5 Å². The van der Waals surface area contributed by atoms with Crippen molar-refractivity contribution in [2.45, 2.75) is 25.8 Å². The number of quaternary nitrogens is 1. The van der Waals surface area contributed by atoms with Crippen LogP contribution in [0.15, 0.2) is 18.2 Å². The minimum absolute atomic E-state index is 0.0361. The summed E-state index contributed by atoms with van der Waals surface area (Å²) in [6, 6.07) is 4.54. The molecule has 1 amide bonds. The van der Waals surface area contributed by atoms with Gasteiger partial charge in [-0.2, -0.15) is 0 Å². The Morgan fingerprint density at radius 2 is 2.33 bits per heavy atom. The molecule has 2 N–H and O–H groups in total. The molecule has 1 aliphatic heterocycles. The zero-order chi connectivity index (χ0) is 15.4. The third-order valence-corrected chi connectivity index (χ3v) is 4.32. The number of hydrogen-bond donors (Lipinski definition) is 2. The zero-order valence-corrected chi connectivity index (χ0v) is 12.7. The number of benzene rings is 1. The fourth-order valence-corrected chi connectivity index (χ4v) is 2.99. The molecule has 0 aromatic heterocycles. The topological polar surface area (TPSA) is 76.7 Å². The Labute approximate surface area is 128 Å². The van der Waals surface area contributed by atoms with Crippen molar-refractivity contribution in [2.24, 2.45) is 0 Å². The van der Waals surface area contributed by atoms with E-state index in [0.29, 0.717) is 12.6 Å². The summed E-state index contributed by atoms with van der Waals surface area (Å²) >= 11 is 5.74. The maximum atomic E-state index is 12.1. The highest BCUT2D eigenvalue weighted by Gasteiger charge is 2.27. The molecular formula is C14H19ClN3O3+. The van der Waals surface area contributed by atoms with Gasteiger partial charge in [-0.1, -0.05) is 11.6 Å². The van der Waals surface area contributed by atoms with Crippen molar-refractivity contribution < 1.29 is 14.6 Å². The van der Waals surface area contributed by atoms with Gasteiger partial charge in [0.25, 0.3) is 11.6 Å². The van der Waals surface area contributed by atoms with Crippen molar-refractivity contribution in [1.82, 2.24) is 5.32 Å². The summed E-state index contributed by atoms with van der Waals surface area (Å²) in [4.78, 5) is 23.8. The summed E-state index contributed by atoms with van der Waals surface area (Å²) in [5.41, 5.74) is 0.0214. The van der Waals surface area contributed by atoms with Crippen LogP contribution in [0.25, 0.3) is 0 Å². The Kier molecular flexibility index (Phi) is 5.14. The van der Waals surface area contributed by atoms with Crippen LogP contribution in [-0.4, -0.2) is 36.5 Å². The third-order valence-electron chi connectivity index (χ3n) is 4.00. The Bertz CT molecular complexity index is 550. The number of nitrogens with one attached hydrogen (secondary N) is 2. The smallest absolute Gasteiger partial charge is 0.288 e. The highest BCUT2D eigenvalue weighted by atomic mass is 35.5. The number of nitro benzene ring substituents is 1. The van der Waals surface area contributed by atoms with E-state index < -0.39 is 4.92 Å². The number of nitrogens with zero attached hydrogens (tertiary/aromatic N) is 1. The summed E-state index contributed by atoms with van der Waals surface area (Å²) in [5, 5.41) is 13.7. The largest absolute Gasteiger partial charge is 0.346 e. The minimum Gasteiger partial charge on any atom is -0.346 e. The van der Waals surface area contributed by atoms with Gasteiger partial charge in [0.1, 0.15) is 11.1 Å². The van der Waals surface area contributed by atoms with Gasteiger partial charge in [0.2, 0.25) is 0 Å². The van der Waals surface area contributed by atoms with Crippen molar-refractivity contribution in [3.63, 3.8) is 0 Å². The third kappa shape index (κ3) is 3.71. The van der Waals surface area contributed by atoms with Crippen LogP contribution in [0.1, 0.15) is 30.1 Å². The van der Waals surface area contributed by atoms with E-state index in [1.54, 1.807) is 0 Å². The number of amides is 1. The standard InChI is InChI=1S/C14H18ClN3O3/c1-2-17-7-3-4-11(17)9-16-14(19)10-5-6-12(15)13(8-10)18(20)21/h5-6,8,11H,2-4,7,9H2,1H3,(H,16,19)/p+1/t11-/m1/s1. The Morgan fingerprint density at radius 1 is 1.57 bits per heavy atom. The van der Waals surface area contributed by atoms with Crippen molar-refractivity contribution in [1.29, 1.82) is 0 Å². The van der Waals surface area contributed by atoms with Gasteiger partial charge in [0.15, 0.2) is 0 Å². The fourth-order valence-electron chi connectivity index (χ4n) is 2.81. The molecule has 1 aromatic rings. The number of rotatable bonds is 5. The quantitative estimate of drug-likeness (QED) is 0.630. The number of carbonyl (C=O) groups excluding carboxylic acids is 1. The van der Waals surface area contributed by atoms with Gasteiger partial charge in [-0.3, -0.25) is 14.9 Å². The van der Waals surface area contributed by atoms with E-state index >= 15 is 0 Å². The minimum atomic E-state index is -0.584. The lowest BCUT2D eigenvalue weighted by atomic mass is 10.1. The predicted octanol–water partition coefficient (Wildman–Crippen LogP) is 1.05. The van der Waals surface area contributed by atoms with Gasteiger partial charge in [0, 0.05) is 24.5 Å². The van der Waals surface area contributed by atoms with Crippen LogP contribution in [-0.2, 0) is 0 Å². The van der Waals surface area contributed by atoms with Gasteiger partial charge in [-0.05, 0) is 19.1 Å². The maximum Gasteiger partial charge on any atom is 0.288 e. The number of halogens is 1. The van der Waals surface area contributed by atoms with Crippen molar-refractivity contribution in [3.05, 3.63) is 38.9 Å². The van der Waals surface area contributed by atoms with Crippen molar-refractivity contribution in [2.75, 3.05) is 19.6 Å². The summed E-state index contributed by atoms with van der Waals surface area (Å²) in [5.74, 6) is -0.294. The number of likely N-dealkylation sites (N-methyl/N-ethyl adjacent to an activating group) is 1. The highest BCUT2D eigenvalue weighted by molar-refractivity contribution is 6.32. The second kappa shape index (κ2) is 6.87. The van der Waals surface area contributed by atoms with Crippen LogP contribution < -0.4 is 10.2 Å². The van der Waals surface area contributed by atoms with Gasteiger partial charge in [0.05, 0.1) is 24.6 Å². The first-order chi connectivity index (χ1) is 10.0. The lowest BCUT2D eigenvalue weighted by Gasteiger charge is -2.20. The first-order valence-corrected chi connectivity index (χ1v) is 7.47. The molecule has 1 heterocycles. The first kappa shape index (κ1) is 15.7. The average Bonchev–Trinajstić information content (AvgIpc) is 2.92. The molecule has 21 heavy (non-hydrogen) atoms. The van der Waals surface area contributed by atoms with Gasteiger partial charge in [-0.15, -0.1) is 0 Å². The van der Waals surface area contributed by atoms with E-state index in [2.05, 4.69) is 12.2 Å². The second-order valence-electron chi connectivity index (χ2n) is 5.23. The molecule has 1 fully saturated rings. The number of carbonyl (C=O) groups is 1. The van der Waals surface area contributed by atoms with E-state index in [1.807, 2.05) is 0 Å². The summed E-state index contributed by atoms with van der Waals surface area (Å²) < 4.78 is 0. The van der Waals surface area contributed by atoms with Crippen molar-refractivity contribution >= 4 is 23.2 Å². The molecule has 1 aliphatic rings. The Morgan fingerprint density at radius 3 is 3.00 bits per heavy atom. The number of likely N-dealkylation sites (tertiary alicyclic amines) is 1. The average molecular weight is 313 g/mol. The molecule has 6 nitrogen and oxygen atoms in total. The normalized spacial score (nSPS) is 21.2. The Balaban J connectivity index is 2.00.